The maximum absolute atomic E-state index is 12.7. The molecule has 270 valence electrons. The average Bonchev–Trinajstić information content (AvgIpc) is 3.50. The lowest BCUT2D eigenvalue weighted by Gasteiger charge is -2.24. The molecule has 0 spiro atoms. The Morgan fingerprint density at radius 1 is 0.940 bits per heavy atom. The van der Waals surface area contributed by atoms with Gasteiger partial charge in [0.05, 0.1) is 11.9 Å². The fourth-order valence-corrected chi connectivity index (χ4v) is 4.50. The Morgan fingerprint density at radius 2 is 1.60 bits per heavy atom. The van der Waals surface area contributed by atoms with E-state index < -0.39 is 23.4 Å². The SMILES string of the molecule is CC.Cc1cc(CN(C)C(=O)OC(C)(C)C)ccc1-c1nnc(-c2nc(-c3ccc(=O)n(CCN(C)C)c3)cnc2NC(=O)OC(C)(C)C)o1. The van der Waals surface area contributed by atoms with Gasteiger partial charge in [-0.15, -0.1) is 10.2 Å². The summed E-state index contributed by atoms with van der Waals surface area (Å²) in [5.74, 6) is 0.294. The van der Waals surface area contributed by atoms with Crippen LogP contribution >= 0.6 is 0 Å². The van der Waals surface area contributed by atoms with E-state index in [0.717, 1.165) is 11.1 Å². The van der Waals surface area contributed by atoms with Gasteiger partial charge in [0.1, 0.15) is 11.2 Å². The molecule has 4 aromatic rings. The zero-order valence-electron chi connectivity index (χ0n) is 31.2. The zero-order valence-corrected chi connectivity index (χ0v) is 31.2. The van der Waals surface area contributed by atoms with Crippen LogP contribution in [-0.2, 0) is 22.6 Å². The van der Waals surface area contributed by atoms with E-state index in [1.54, 1.807) is 44.6 Å². The Balaban J connectivity index is 0.00000332. The van der Waals surface area contributed by atoms with Crippen molar-refractivity contribution in [1.29, 1.82) is 0 Å². The number of aromatic nitrogens is 5. The Kier molecular flexibility index (Phi) is 13.0. The second kappa shape index (κ2) is 16.5. The summed E-state index contributed by atoms with van der Waals surface area (Å²) in [6.45, 7) is 18.1. The first-order valence-corrected chi connectivity index (χ1v) is 16.5. The third kappa shape index (κ3) is 11.2. The zero-order chi connectivity index (χ0) is 37.4. The number of aryl methyl sites for hydroxylation is 1. The van der Waals surface area contributed by atoms with Crippen LogP contribution < -0.4 is 10.9 Å². The Labute approximate surface area is 293 Å². The Morgan fingerprint density at radius 3 is 2.22 bits per heavy atom. The summed E-state index contributed by atoms with van der Waals surface area (Å²) in [5.41, 5.74) is 2.10. The molecule has 3 aromatic heterocycles. The number of benzene rings is 1. The van der Waals surface area contributed by atoms with Gasteiger partial charge in [0.25, 0.3) is 11.4 Å². The number of carbonyl (C=O) groups is 2. The van der Waals surface area contributed by atoms with E-state index in [4.69, 9.17) is 18.9 Å². The molecule has 0 aliphatic heterocycles. The lowest BCUT2D eigenvalue weighted by molar-refractivity contribution is 0.0284. The van der Waals surface area contributed by atoms with Crippen LogP contribution in [-0.4, -0.2) is 85.6 Å². The van der Waals surface area contributed by atoms with Gasteiger partial charge in [-0.25, -0.2) is 19.6 Å². The number of rotatable bonds is 9. The number of nitrogens with one attached hydrogen (secondary N) is 1. The van der Waals surface area contributed by atoms with Crippen LogP contribution in [0.25, 0.3) is 34.3 Å². The standard InChI is InChI=1S/C34H44N8O6.C2H6/c1-21-17-22(19-41(10)32(45)48-34(5,6)7)11-13-24(21)29-38-39-30(46-29)27-28(37-31(44)47-33(2,3)4)35-18-25(36-27)23-12-14-26(43)42(20-23)16-15-40(8)9;1-2/h11-14,17-18,20H,15-16,19H2,1-10H3,(H,35,37,44);1-2H3. The molecule has 50 heavy (non-hydrogen) atoms. The number of nitrogens with zero attached hydrogens (tertiary/aromatic N) is 7. The minimum atomic E-state index is -0.749. The molecule has 0 aliphatic carbocycles. The third-order valence-corrected chi connectivity index (χ3v) is 6.73. The summed E-state index contributed by atoms with van der Waals surface area (Å²) in [5, 5.41) is 11.2. The number of likely N-dealkylation sites (N-methyl/N-ethyl adjacent to an activating group) is 1. The second-order valence-electron chi connectivity index (χ2n) is 13.7. The number of carbonyl (C=O) groups excluding carboxylic acids is 2. The monoisotopic (exact) mass is 690 g/mol. The molecule has 4 rings (SSSR count). The predicted octanol–water partition coefficient (Wildman–Crippen LogP) is 6.63. The van der Waals surface area contributed by atoms with E-state index in [-0.39, 0.29) is 28.9 Å². The first kappa shape index (κ1) is 39.3. The molecule has 0 fully saturated rings. The van der Waals surface area contributed by atoms with E-state index in [2.05, 4.69) is 20.5 Å². The molecule has 1 aromatic carbocycles. The molecule has 0 unspecified atom stereocenters. The highest BCUT2D eigenvalue weighted by atomic mass is 16.6. The van der Waals surface area contributed by atoms with Crippen molar-refractivity contribution in [2.45, 2.75) is 86.6 Å². The molecule has 0 aliphatic rings. The molecule has 2 amide bonds. The molecule has 0 atom stereocenters. The van der Waals surface area contributed by atoms with E-state index in [0.29, 0.717) is 36.5 Å². The van der Waals surface area contributed by atoms with Gasteiger partial charge in [0.15, 0.2) is 11.5 Å². The maximum Gasteiger partial charge on any atom is 0.413 e. The smallest absolute Gasteiger partial charge is 0.413 e. The van der Waals surface area contributed by atoms with E-state index in [9.17, 15) is 14.4 Å². The van der Waals surface area contributed by atoms with Gasteiger partial charge in [-0.2, -0.15) is 0 Å². The highest BCUT2D eigenvalue weighted by Gasteiger charge is 2.24. The lowest BCUT2D eigenvalue weighted by atomic mass is 10.0. The van der Waals surface area contributed by atoms with E-state index in [1.807, 2.05) is 78.7 Å². The predicted molar refractivity (Wildman–Crippen MR) is 193 cm³/mol. The first-order valence-electron chi connectivity index (χ1n) is 16.5. The van der Waals surface area contributed by atoms with Crippen molar-refractivity contribution < 1.29 is 23.5 Å². The van der Waals surface area contributed by atoms with E-state index in [1.165, 1.54) is 17.2 Å². The lowest BCUT2D eigenvalue weighted by Crippen LogP contribution is -2.33. The molecule has 3 heterocycles. The summed E-state index contributed by atoms with van der Waals surface area (Å²) < 4.78 is 18.6. The van der Waals surface area contributed by atoms with Gasteiger partial charge < -0.3 is 28.3 Å². The minimum Gasteiger partial charge on any atom is -0.444 e. The van der Waals surface area contributed by atoms with Crippen LogP contribution in [0.5, 0.6) is 0 Å². The number of anilines is 1. The highest BCUT2D eigenvalue weighted by molar-refractivity contribution is 5.88. The number of ether oxygens (including phenoxy) is 2. The summed E-state index contributed by atoms with van der Waals surface area (Å²) >= 11 is 0. The molecular formula is C36H50N8O6. The van der Waals surface area contributed by atoms with Crippen molar-refractivity contribution in [2.75, 3.05) is 33.0 Å². The Hall–Kier alpha value is -5.11. The van der Waals surface area contributed by atoms with Crippen molar-refractivity contribution >= 4 is 18.0 Å². The maximum atomic E-state index is 12.7. The first-order chi connectivity index (χ1) is 23.4. The van der Waals surface area contributed by atoms with Gasteiger partial charge in [-0.3, -0.25) is 10.1 Å². The van der Waals surface area contributed by atoms with E-state index >= 15 is 0 Å². The van der Waals surface area contributed by atoms with Crippen molar-refractivity contribution in [3.8, 4) is 34.3 Å². The Bertz CT molecular complexity index is 1840. The highest BCUT2D eigenvalue weighted by Crippen LogP contribution is 2.31. The third-order valence-electron chi connectivity index (χ3n) is 6.73. The van der Waals surface area contributed by atoms with Crippen LogP contribution in [0.4, 0.5) is 15.4 Å². The molecular weight excluding hydrogens is 640 g/mol. The molecule has 0 saturated heterocycles. The van der Waals surface area contributed by atoms with Gasteiger partial charge in [0.2, 0.25) is 5.89 Å². The van der Waals surface area contributed by atoms with Gasteiger partial charge >= 0.3 is 12.2 Å². The fraction of sp³-hybridized carbons (Fsp3) is 0.472. The summed E-state index contributed by atoms with van der Waals surface area (Å²) in [7, 11) is 5.55. The van der Waals surface area contributed by atoms with Gasteiger partial charge in [-0.05, 0) is 85.8 Å². The summed E-state index contributed by atoms with van der Waals surface area (Å²) in [4.78, 5) is 50.4. The van der Waals surface area contributed by atoms with Crippen LogP contribution in [0.2, 0.25) is 0 Å². The molecule has 0 radical (unpaired) electrons. The number of pyridine rings is 1. The largest absolute Gasteiger partial charge is 0.444 e. The van der Waals surface area contributed by atoms with Crippen molar-refractivity contribution in [3.63, 3.8) is 0 Å². The summed E-state index contributed by atoms with van der Waals surface area (Å²) in [6.07, 6.45) is 2.05. The molecule has 0 saturated carbocycles. The van der Waals surface area contributed by atoms with Crippen molar-refractivity contribution in [3.05, 3.63) is 64.2 Å². The topological polar surface area (TPSA) is 158 Å². The molecule has 1 N–H and O–H groups in total. The molecule has 0 bridgehead atoms. The van der Waals surface area contributed by atoms with Crippen molar-refractivity contribution in [1.82, 2.24) is 34.5 Å². The quantitative estimate of drug-likeness (QED) is 0.201. The fourth-order valence-electron chi connectivity index (χ4n) is 4.50. The molecule has 14 heteroatoms. The normalized spacial score (nSPS) is 11.5. The van der Waals surface area contributed by atoms with Crippen LogP contribution in [0.3, 0.4) is 0 Å². The van der Waals surface area contributed by atoms with Crippen LogP contribution in [0, 0.1) is 6.92 Å². The van der Waals surface area contributed by atoms with Gasteiger partial charge in [-0.1, -0.05) is 26.0 Å². The number of hydrogen-bond acceptors (Lipinski definition) is 11. The minimum absolute atomic E-state index is 0.0134. The van der Waals surface area contributed by atoms with Gasteiger partial charge in [0, 0.05) is 50.1 Å². The average molecular weight is 691 g/mol. The van der Waals surface area contributed by atoms with Crippen molar-refractivity contribution in [2.24, 2.45) is 0 Å². The van der Waals surface area contributed by atoms with Crippen LogP contribution in [0.15, 0.2) is 51.9 Å². The summed E-state index contributed by atoms with van der Waals surface area (Å²) in [6, 6.07) is 8.77. The number of hydrogen-bond donors (Lipinski definition) is 1. The second-order valence-corrected chi connectivity index (χ2v) is 13.7. The molecule has 14 nitrogen and oxygen atoms in total. The number of amides is 2. The van der Waals surface area contributed by atoms with Crippen LogP contribution in [0.1, 0.15) is 66.5 Å².